The molecule has 0 aliphatic carbocycles. The number of hydrogen-bond donors (Lipinski definition) is 2. The predicted molar refractivity (Wildman–Crippen MR) is 249 cm³/mol. The molecule has 0 aliphatic rings. The minimum absolute atomic E-state index is 0.163. The summed E-state index contributed by atoms with van der Waals surface area (Å²) >= 11 is 1.23. The summed E-state index contributed by atoms with van der Waals surface area (Å²) in [4.78, 5) is 1.97. The number of rotatable bonds is 7. The van der Waals surface area contributed by atoms with Crippen LogP contribution in [-0.2, 0) is 15.1 Å². The Morgan fingerprint density at radius 3 is 1.00 bits per heavy atom. The quantitative estimate of drug-likeness (QED) is 0.114. The fraction of sp³-hybridized carbons (Fsp3) is 0.0400. The van der Waals surface area contributed by atoms with Crippen LogP contribution in [0.2, 0.25) is 0 Å². The van der Waals surface area contributed by atoms with Crippen LogP contribution >= 0.6 is 47.0 Å². The zero-order chi connectivity index (χ0) is 42.1. The Hall–Kier alpha value is -6.07. The maximum atomic E-state index is 6.15. The van der Waals surface area contributed by atoms with Crippen molar-refractivity contribution in [1.29, 1.82) is 0 Å². The summed E-state index contributed by atoms with van der Waals surface area (Å²) in [6, 6.07) is 35.4. The number of hydrogen-bond acceptors (Lipinski definition) is 3. The second kappa shape index (κ2) is 31.1. The van der Waals surface area contributed by atoms with Gasteiger partial charge in [-0.3, -0.25) is 0 Å². The van der Waals surface area contributed by atoms with E-state index >= 15 is 0 Å². The van der Waals surface area contributed by atoms with Gasteiger partial charge in [-0.1, -0.05) is 96.7 Å². The molecule has 0 saturated heterocycles. The molecule has 274 valence electrons. The van der Waals surface area contributed by atoms with Crippen LogP contribution in [-0.4, -0.2) is 0 Å². The SMILES string of the molecule is C#CC#CC#C[PH+](C#CC#CC#C)c1ccccc1Sc1ccccc1[PH+](C#CC#CC#C)C#CC#CC#C.NC(c1ccccc1)C(N)c1ccccc1.[Cl][Ru+2][Cl]. The summed E-state index contributed by atoms with van der Waals surface area (Å²) in [6.45, 7) is 0. The maximum absolute atomic E-state index is 6.15. The van der Waals surface area contributed by atoms with E-state index < -0.39 is 15.8 Å². The third kappa shape index (κ3) is 18.7. The van der Waals surface area contributed by atoms with Gasteiger partial charge >= 0.3 is 34.5 Å². The summed E-state index contributed by atoms with van der Waals surface area (Å²) in [5, 5.41) is 1.97. The van der Waals surface area contributed by atoms with Gasteiger partial charge in [0.25, 0.3) is 0 Å². The van der Waals surface area contributed by atoms with Gasteiger partial charge in [-0.15, -0.1) is 25.7 Å². The average molecular weight is 925 g/mol. The van der Waals surface area contributed by atoms with Gasteiger partial charge in [0.1, 0.15) is 33.3 Å². The van der Waals surface area contributed by atoms with Crippen molar-refractivity contribution in [2.24, 2.45) is 11.5 Å². The molecule has 0 radical (unpaired) electrons. The van der Waals surface area contributed by atoms with Crippen molar-refractivity contribution in [3.63, 3.8) is 0 Å². The van der Waals surface area contributed by atoms with Gasteiger partial charge in [-0.05, 0) is 82.8 Å². The predicted octanol–water partition coefficient (Wildman–Crippen LogP) is 7.67. The summed E-state index contributed by atoms with van der Waals surface area (Å²) in [7, 11) is 6.28. The molecule has 4 N–H and O–H groups in total. The van der Waals surface area contributed by atoms with Crippen molar-refractivity contribution in [3.8, 4) is 143 Å². The van der Waals surface area contributed by atoms with Crippen molar-refractivity contribution < 1.29 is 15.1 Å². The zero-order valence-electron chi connectivity index (χ0n) is 30.5. The van der Waals surface area contributed by atoms with Crippen LogP contribution in [0.4, 0.5) is 0 Å². The van der Waals surface area contributed by atoms with E-state index in [0.29, 0.717) is 0 Å². The molecule has 0 heterocycles. The van der Waals surface area contributed by atoms with E-state index in [1.165, 1.54) is 0 Å². The van der Waals surface area contributed by atoms with Crippen LogP contribution in [0.3, 0.4) is 0 Å². The Morgan fingerprint density at radius 1 is 0.431 bits per heavy atom. The summed E-state index contributed by atoms with van der Waals surface area (Å²) < 4.78 is 0. The van der Waals surface area contributed by atoms with Crippen LogP contribution in [0, 0.1) is 143 Å². The van der Waals surface area contributed by atoms with Crippen LogP contribution in [0.5, 0.6) is 0 Å². The Bertz CT molecular complexity index is 2420. The van der Waals surface area contributed by atoms with E-state index in [1.54, 1.807) is 11.8 Å². The number of benzene rings is 4. The van der Waals surface area contributed by atoms with Crippen LogP contribution < -0.4 is 22.1 Å². The molecule has 2 nitrogen and oxygen atoms in total. The van der Waals surface area contributed by atoms with Gasteiger partial charge in [0.15, 0.2) is 15.8 Å². The molecule has 4 aromatic carbocycles. The van der Waals surface area contributed by atoms with Crippen molar-refractivity contribution in [1.82, 2.24) is 0 Å². The molecule has 4 rings (SSSR count). The molecule has 0 saturated carbocycles. The fourth-order valence-corrected chi connectivity index (χ4v) is 8.79. The van der Waals surface area contributed by atoms with Crippen LogP contribution in [0.15, 0.2) is 119 Å². The van der Waals surface area contributed by atoms with E-state index in [9.17, 15) is 0 Å². The molecule has 2 atom stereocenters. The second-order valence-corrected chi connectivity index (χ2v) is 17.6. The summed E-state index contributed by atoms with van der Waals surface area (Å²) in [6.07, 6.45) is 20.8. The standard InChI is InChI=1S/C36H12P2S.C14H16N2.2ClH.Ru/c1-5-9-13-21-29-37(30-22-14-10-6-2)33-25-17-19-27-35(33)39-36-28-20-18-26-34(36)38(31-23-15-11-7-3)32-24-16-12-8-4;15-13(11-7-3-1-4-8-11)14(16)12-9-5-2-6-10-12;;;/h1-4,17-20,25-28H;1-10,13-14H,15-16H2;2*1H;/q;;;;+4. The molecule has 0 spiro atoms. The molecule has 0 aliphatic heterocycles. The molecule has 2 unspecified atom stereocenters. The summed E-state index contributed by atoms with van der Waals surface area (Å²) in [5.41, 5.74) is 27.1. The van der Waals surface area contributed by atoms with Crippen molar-refractivity contribution in [3.05, 3.63) is 120 Å². The normalized spacial score (nSPS) is 9.21. The first-order valence-corrected chi connectivity index (χ1v) is 24.7. The molecule has 0 fully saturated rings. The molecular formula is C50H30Cl2N2P2RuS+4. The van der Waals surface area contributed by atoms with Crippen molar-refractivity contribution >= 4 is 57.6 Å². The van der Waals surface area contributed by atoms with Gasteiger partial charge in [-0.25, -0.2) is 0 Å². The number of halogens is 2. The molecule has 0 bridgehead atoms. The van der Waals surface area contributed by atoms with E-state index in [4.69, 9.17) is 56.5 Å². The zero-order valence-corrected chi connectivity index (χ0v) is 36.6. The Balaban J connectivity index is 0.000000501. The van der Waals surface area contributed by atoms with E-state index in [2.05, 4.69) is 117 Å². The molecule has 8 heteroatoms. The monoisotopic (exact) mass is 924 g/mol. The van der Waals surface area contributed by atoms with E-state index in [1.807, 2.05) is 109 Å². The summed E-state index contributed by atoms with van der Waals surface area (Å²) in [5.74, 6) is 40.9. The van der Waals surface area contributed by atoms with Gasteiger partial charge < -0.3 is 11.5 Å². The van der Waals surface area contributed by atoms with Crippen LogP contribution in [0.25, 0.3) is 0 Å². The third-order valence-corrected chi connectivity index (χ3v) is 11.8. The van der Waals surface area contributed by atoms with Gasteiger partial charge in [0.2, 0.25) is 0 Å². The number of nitrogens with two attached hydrogens (primary N) is 2. The van der Waals surface area contributed by atoms with E-state index in [0.717, 1.165) is 31.5 Å². The molecule has 58 heavy (non-hydrogen) atoms. The Labute approximate surface area is 366 Å². The first-order chi connectivity index (χ1) is 28.4. The number of terminal acetylenes is 4. The van der Waals surface area contributed by atoms with Gasteiger partial charge in [0, 0.05) is 59.4 Å². The topological polar surface area (TPSA) is 52.0 Å². The van der Waals surface area contributed by atoms with Gasteiger partial charge in [0.05, 0.1) is 9.79 Å². The van der Waals surface area contributed by atoms with Crippen LogP contribution in [0.1, 0.15) is 23.2 Å². The van der Waals surface area contributed by atoms with Crippen molar-refractivity contribution in [2.75, 3.05) is 0 Å². The fourth-order valence-electron chi connectivity index (χ4n) is 4.38. The second-order valence-electron chi connectivity index (χ2n) is 10.3. The molecular weight excluding hydrogens is 895 g/mol. The first-order valence-electron chi connectivity index (χ1n) is 16.4. The molecule has 0 amide bonds. The van der Waals surface area contributed by atoms with Crippen molar-refractivity contribution in [2.45, 2.75) is 21.9 Å². The minimum atomic E-state index is -1.71. The third-order valence-electron chi connectivity index (χ3n) is 6.83. The van der Waals surface area contributed by atoms with Gasteiger partial charge in [-0.2, -0.15) is 0 Å². The molecule has 0 aromatic heterocycles. The Morgan fingerprint density at radius 2 is 0.707 bits per heavy atom. The average Bonchev–Trinajstić information content (AvgIpc) is 3.26. The first kappa shape index (κ1) is 48.1. The molecule has 4 aromatic rings. The van der Waals surface area contributed by atoms with E-state index in [-0.39, 0.29) is 27.2 Å². The Kier molecular flexibility index (Phi) is 25.8.